The van der Waals surface area contributed by atoms with Gasteiger partial charge in [-0.2, -0.15) is 0 Å². The lowest BCUT2D eigenvalue weighted by molar-refractivity contribution is -0.139. The second-order valence-corrected chi connectivity index (χ2v) is 7.67. The lowest BCUT2D eigenvalue weighted by Gasteiger charge is -2.06. The number of unbranched alkanes of at least 4 members (excludes halogenated alkanes) is 14. The van der Waals surface area contributed by atoms with Crippen LogP contribution in [0.3, 0.4) is 0 Å². The van der Waals surface area contributed by atoms with E-state index in [1.807, 2.05) is 13.0 Å². The van der Waals surface area contributed by atoms with Crippen LogP contribution >= 0.6 is 9.47 Å². The summed E-state index contributed by atoms with van der Waals surface area (Å²) >= 11 is 0. The first kappa shape index (κ1) is 25.6. The summed E-state index contributed by atoms with van der Waals surface area (Å²) in [5.74, 6) is -0.239. The maximum Gasteiger partial charge on any atom is 0.313 e. The molecule has 0 bridgehead atoms. The second kappa shape index (κ2) is 20.9. The van der Waals surface area contributed by atoms with Gasteiger partial charge in [-0.25, -0.2) is 0 Å². The van der Waals surface area contributed by atoms with Crippen molar-refractivity contribution in [2.75, 3.05) is 0 Å². The van der Waals surface area contributed by atoms with Crippen LogP contribution in [-0.4, -0.2) is 12.1 Å². The summed E-state index contributed by atoms with van der Waals surface area (Å²) < 4.78 is 9.97. The summed E-state index contributed by atoms with van der Waals surface area (Å²) in [4.78, 5) is 11.4. The first-order chi connectivity index (χ1) is 12.7. The van der Waals surface area contributed by atoms with Gasteiger partial charge in [0.2, 0.25) is 0 Å². The minimum atomic E-state index is -0.239. The maximum absolute atomic E-state index is 11.4. The van der Waals surface area contributed by atoms with Crippen LogP contribution in [0.15, 0.2) is 12.3 Å². The topological polar surface area (TPSA) is 35.5 Å². The summed E-state index contributed by atoms with van der Waals surface area (Å²) in [5.41, 5.74) is 0. The molecule has 0 radical (unpaired) electrons. The van der Waals surface area contributed by atoms with Crippen LogP contribution in [0.5, 0.6) is 0 Å². The van der Waals surface area contributed by atoms with E-state index in [0.29, 0.717) is 0 Å². The molecule has 0 rings (SSSR count). The van der Waals surface area contributed by atoms with Crippen LogP contribution in [0.4, 0.5) is 0 Å². The predicted octanol–water partition coefficient (Wildman–Crippen LogP) is 7.50. The minimum Gasteiger partial charge on any atom is -0.435 e. The first-order valence-electron chi connectivity index (χ1n) is 10.9. The summed E-state index contributed by atoms with van der Waals surface area (Å²) in [6.45, 7) is 4.12. The Kier molecular flexibility index (Phi) is 20.6. The van der Waals surface area contributed by atoms with Crippen molar-refractivity contribution in [3.63, 3.8) is 0 Å². The third-order valence-electron chi connectivity index (χ3n) is 4.71. The van der Waals surface area contributed by atoms with Gasteiger partial charge in [0.1, 0.15) is 0 Å². The van der Waals surface area contributed by atoms with E-state index in [2.05, 4.69) is 16.4 Å². The molecule has 0 saturated carbocycles. The smallest absolute Gasteiger partial charge is 0.313 e. The fraction of sp³-hybridized carbons (Fsp3) is 0.864. The normalized spacial score (nSPS) is 12.6. The molecule has 0 aromatic carbocycles. The van der Waals surface area contributed by atoms with Gasteiger partial charge in [-0.05, 0) is 25.8 Å². The third kappa shape index (κ3) is 19.9. The summed E-state index contributed by atoms with van der Waals surface area (Å²) in [7, 11) is 2.17. The first-order valence-corrected chi connectivity index (χ1v) is 11.4. The van der Waals surface area contributed by atoms with Crippen LogP contribution in [0, 0.1) is 0 Å². The molecule has 0 N–H and O–H groups in total. The Morgan fingerprint density at radius 2 is 1.31 bits per heavy atom. The van der Waals surface area contributed by atoms with Gasteiger partial charge >= 0.3 is 5.97 Å². The Hall–Kier alpha value is -0.400. The molecule has 26 heavy (non-hydrogen) atoms. The molecule has 0 aliphatic rings. The number of allylic oxidation sites excluding steroid dienone is 1. The third-order valence-corrected chi connectivity index (χ3v) is 5.17. The van der Waals surface area contributed by atoms with E-state index in [-0.39, 0.29) is 18.5 Å². The van der Waals surface area contributed by atoms with Crippen molar-refractivity contribution in [2.24, 2.45) is 0 Å². The Labute approximate surface area is 165 Å². The zero-order valence-corrected chi connectivity index (χ0v) is 18.5. The lowest BCUT2D eigenvalue weighted by atomic mass is 10.0. The summed E-state index contributed by atoms with van der Waals surface area (Å²) in [6.07, 6.45) is 23.9. The summed E-state index contributed by atoms with van der Waals surface area (Å²) in [6, 6.07) is 0. The highest BCUT2D eigenvalue weighted by Gasteiger charge is 2.07. The molecule has 0 amide bonds. The molecule has 154 valence electrons. The fourth-order valence-electron chi connectivity index (χ4n) is 2.98. The van der Waals surface area contributed by atoms with Crippen molar-refractivity contribution in [3.05, 3.63) is 12.3 Å². The van der Waals surface area contributed by atoms with E-state index in [1.165, 1.54) is 96.2 Å². The largest absolute Gasteiger partial charge is 0.435 e. The van der Waals surface area contributed by atoms with E-state index < -0.39 is 0 Å². The molecule has 0 fully saturated rings. The predicted molar refractivity (Wildman–Crippen MR) is 115 cm³/mol. The second-order valence-electron chi connectivity index (χ2n) is 7.40. The minimum absolute atomic E-state index is 0.119. The molecule has 0 saturated heterocycles. The molecular formula is C22H43O3P. The van der Waals surface area contributed by atoms with Crippen molar-refractivity contribution in [3.8, 4) is 0 Å². The van der Waals surface area contributed by atoms with Crippen molar-refractivity contribution in [2.45, 2.75) is 123 Å². The van der Waals surface area contributed by atoms with Gasteiger partial charge in [0.15, 0.2) is 0 Å². The number of carbonyl (C=O) groups excluding carboxylic acids is 1. The average molecular weight is 387 g/mol. The van der Waals surface area contributed by atoms with Gasteiger partial charge in [0.05, 0.1) is 18.8 Å². The number of hydrogen-bond acceptors (Lipinski definition) is 3. The molecule has 3 nitrogen and oxygen atoms in total. The van der Waals surface area contributed by atoms with Crippen LogP contribution in [0.1, 0.15) is 117 Å². The highest BCUT2D eigenvalue weighted by Crippen LogP contribution is 2.13. The van der Waals surface area contributed by atoms with Crippen LogP contribution in [-0.2, 0) is 14.1 Å². The quantitative estimate of drug-likeness (QED) is 0.0997. The maximum atomic E-state index is 11.4. The molecule has 0 heterocycles. The van der Waals surface area contributed by atoms with E-state index in [4.69, 9.17) is 9.26 Å². The van der Waals surface area contributed by atoms with Gasteiger partial charge < -0.3 is 9.26 Å². The summed E-state index contributed by atoms with van der Waals surface area (Å²) in [5, 5.41) is 0. The van der Waals surface area contributed by atoms with Crippen molar-refractivity contribution in [1.82, 2.24) is 0 Å². The molecular weight excluding hydrogens is 343 g/mol. The highest BCUT2D eigenvalue weighted by molar-refractivity contribution is 7.09. The number of hydrogen-bond donors (Lipinski definition) is 0. The number of esters is 1. The molecule has 0 aromatic rings. The number of ether oxygens (including phenoxy) is 1. The highest BCUT2D eigenvalue weighted by atomic mass is 31.0. The molecule has 2 unspecified atom stereocenters. The Morgan fingerprint density at radius 3 is 1.77 bits per heavy atom. The molecule has 0 spiro atoms. The zero-order chi connectivity index (χ0) is 19.3. The van der Waals surface area contributed by atoms with Crippen LogP contribution in [0.2, 0.25) is 0 Å². The monoisotopic (exact) mass is 386 g/mol. The van der Waals surface area contributed by atoms with Crippen LogP contribution in [0.25, 0.3) is 0 Å². The van der Waals surface area contributed by atoms with Gasteiger partial charge in [0.25, 0.3) is 0 Å². The Balaban J connectivity index is 3.19. The number of carbonyl (C=O) groups is 1. The fourth-order valence-corrected chi connectivity index (χ4v) is 3.08. The Morgan fingerprint density at radius 1 is 0.846 bits per heavy atom. The molecule has 2 atom stereocenters. The molecule has 0 aromatic heterocycles. The van der Waals surface area contributed by atoms with Crippen LogP contribution < -0.4 is 0 Å². The Bertz CT molecular complexity index is 331. The van der Waals surface area contributed by atoms with Gasteiger partial charge in [0, 0.05) is 9.47 Å². The van der Waals surface area contributed by atoms with Gasteiger partial charge in [-0.15, -0.1) is 0 Å². The van der Waals surface area contributed by atoms with Gasteiger partial charge in [-0.1, -0.05) is 90.4 Å². The molecule has 4 heteroatoms. The standard InChI is InChI=1S/C22H43O3P/c1-3-4-5-6-7-8-9-10-11-12-13-14-15-16-17-18-19-24-22(23)20-21(2)25-26/h18-19,21H,3-17,20,26H2,1-2H3. The van der Waals surface area contributed by atoms with E-state index in [0.717, 1.165) is 6.42 Å². The van der Waals surface area contributed by atoms with E-state index in [9.17, 15) is 4.79 Å². The lowest BCUT2D eigenvalue weighted by Crippen LogP contribution is -2.10. The number of rotatable bonds is 19. The molecule has 0 aliphatic carbocycles. The van der Waals surface area contributed by atoms with Gasteiger partial charge in [-0.3, -0.25) is 4.79 Å². The van der Waals surface area contributed by atoms with E-state index >= 15 is 0 Å². The van der Waals surface area contributed by atoms with Crippen molar-refractivity contribution in [1.29, 1.82) is 0 Å². The van der Waals surface area contributed by atoms with E-state index in [1.54, 1.807) is 0 Å². The van der Waals surface area contributed by atoms with Crippen molar-refractivity contribution >= 4 is 15.4 Å². The SMILES string of the molecule is CCCCCCCCCCCCCCCCC=COC(=O)CC(C)OP. The van der Waals surface area contributed by atoms with Crippen molar-refractivity contribution < 1.29 is 14.1 Å². The molecule has 0 aliphatic heterocycles. The zero-order valence-electron chi connectivity index (χ0n) is 17.3. The average Bonchev–Trinajstić information content (AvgIpc) is 2.64.